The summed E-state index contributed by atoms with van der Waals surface area (Å²) in [7, 11) is 0. The number of morpholine rings is 1. The first-order chi connectivity index (χ1) is 11.7. The fraction of sp³-hybridized carbons (Fsp3) is 0.471. The van der Waals surface area contributed by atoms with Crippen molar-refractivity contribution >= 4 is 17.4 Å². The standard InChI is InChI=1S/C17H20N4O2S/c1-11-19-20-16(24-11)14-4-2-3-13-12(14)5-6-15(13)18-17(22)21-7-9-23-10-8-21/h2-4,15H,5-10H2,1H3,(H,18,22). The predicted octanol–water partition coefficient (Wildman–Crippen LogP) is 2.54. The number of hydrogen-bond acceptors (Lipinski definition) is 5. The minimum atomic E-state index is 0.00770. The Kier molecular flexibility index (Phi) is 4.20. The number of fused-ring (bicyclic) bond motifs is 1. The van der Waals surface area contributed by atoms with Crippen LogP contribution in [0.15, 0.2) is 18.2 Å². The van der Waals surface area contributed by atoms with Crippen molar-refractivity contribution < 1.29 is 9.53 Å². The van der Waals surface area contributed by atoms with Gasteiger partial charge in [0.05, 0.1) is 19.3 Å². The Morgan fingerprint density at radius 3 is 2.92 bits per heavy atom. The Labute approximate surface area is 144 Å². The molecule has 24 heavy (non-hydrogen) atoms. The molecule has 1 fully saturated rings. The Hall–Kier alpha value is -1.99. The number of aromatic nitrogens is 2. The van der Waals surface area contributed by atoms with Gasteiger partial charge in [0.2, 0.25) is 0 Å². The van der Waals surface area contributed by atoms with Gasteiger partial charge in [0.15, 0.2) is 0 Å². The van der Waals surface area contributed by atoms with Crippen molar-refractivity contribution in [3.8, 4) is 10.6 Å². The maximum Gasteiger partial charge on any atom is 0.318 e. The lowest BCUT2D eigenvalue weighted by Gasteiger charge is -2.28. The Morgan fingerprint density at radius 2 is 2.17 bits per heavy atom. The van der Waals surface area contributed by atoms with Crippen molar-refractivity contribution in [1.82, 2.24) is 20.4 Å². The van der Waals surface area contributed by atoms with Crippen molar-refractivity contribution in [2.24, 2.45) is 0 Å². The second kappa shape index (κ2) is 6.49. The highest BCUT2D eigenvalue weighted by Gasteiger charge is 2.28. The first kappa shape index (κ1) is 15.5. The summed E-state index contributed by atoms with van der Waals surface area (Å²) in [5.74, 6) is 0. The van der Waals surface area contributed by atoms with Crippen LogP contribution in [0.5, 0.6) is 0 Å². The van der Waals surface area contributed by atoms with E-state index < -0.39 is 0 Å². The highest BCUT2D eigenvalue weighted by Crippen LogP contribution is 2.38. The number of hydrogen-bond donors (Lipinski definition) is 1. The number of rotatable bonds is 2. The van der Waals surface area contributed by atoms with E-state index in [1.807, 2.05) is 17.9 Å². The van der Waals surface area contributed by atoms with Gasteiger partial charge >= 0.3 is 6.03 Å². The number of aryl methyl sites for hydroxylation is 1. The SMILES string of the molecule is Cc1nnc(-c2cccc3c2CCC3NC(=O)N2CCOCC2)s1. The van der Waals surface area contributed by atoms with Gasteiger partial charge in [0, 0.05) is 18.7 Å². The summed E-state index contributed by atoms with van der Waals surface area (Å²) in [5.41, 5.74) is 3.66. The number of ether oxygens (including phenoxy) is 1. The predicted molar refractivity (Wildman–Crippen MR) is 92.1 cm³/mol. The third-order valence-electron chi connectivity index (χ3n) is 4.62. The fourth-order valence-electron chi connectivity index (χ4n) is 3.42. The van der Waals surface area contributed by atoms with E-state index in [4.69, 9.17) is 4.74 Å². The molecule has 1 aromatic carbocycles. The van der Waals surface area contributed by atoms with E-state index in [2.05, 4.69) is 27.6 Å². The molecule has 0 spiro atoms. The molecule has 1 aromatic heterocycles. The molecule has 4 rings (SSSR count). The van der Waals surface area contributed by atoms with E-state index in [1.54, 1.807) is 11.3 Å². The summed E-state index contributed by atoms with van der Waals surface area (Å²) < 4.78 is 5.31. The zero-order valence-electron chi connectivity index (χ0n) is 13.6. The highest BCUT2D eigenvalue weighted by molar-refractivity contribution is 7.14. The number of nitrogens with one attached hydrogen (secondary N) is 1. The monoisotopic (exact) mass is 344 g/mol. The average molecular weight is 344 g/mol. The first-order valence-electron chi connectivity index (χ1n) is 8.28. The number of carbonyl (C=O) groups is 1. The zero-order chi connectivity index (χ0) is 16.5. The van der Waals surface area contributed by atoms with Crippen LogP contribution in [-0.2, 0) is 11.2 Å². The zero-order valence-corrected chi connectivity index (χ0v) is 14.4. The number of benzene rings is 1. The average Bonchev–Trinajstić information content (AvgIpc) is 3.22. The maximum atomic E-state index is 12.5. The summed E-state index contributed by atoms with van der Waals surface area (Å²) in [6.07, 6.45) is 1.89. The Morgan fingerprint density at radius 1 is 1.33 bits per heavy atom. The minimum absolute atomic E-state index is 0.00770. The van der Waals surface area contributed by atoms with Crippen molar-refractivity contribution in [3.05, 3.63) is 34.3 Å². The van der Waals surface area contributed by atoms with Crippen LogP contribution in [0, 0.1) is 6.92 Å². The number of urea groups is 1. The number of carbonyl (C=O) groups excluding carboxylic acids is 1. The molecular formula is C17H20N4O2S. The Bertz CT molecular complexity index is 755. The molecule has 0 radical (unpaired) electrons. The largest absolute Gasteiger partial charge is 0.378 e. The third kappa shape index (κ3) is 2.89. The van der Waals surface area contributed by atoms with Crippen LogP contribution in [-0.4, -0.2) is 47.4 Å². The fourth-order valence-corrected chi connectivity index (χ4v) is 4.16. The molecule has 2 aromatic rings. The molecule has 2 heterocycles. The minimum Gasteiger partial charge on any atom is -0.378 e. The van der Waals surface area contributed by atoms with Crippen LogP contribution < -0.4 is 5.32 Å². The van der Waals surface area contributed by atoms with Gasteiger partial charge in [0.1, 0.15) is 10.0 Å². The lowest BCUT2D eigenvalue weighted by atomic mass is 10.0. The molecule has 6 nitrogen and oxygen atoms in total. The van der Waals surface area contributed by atoms with Crippen LogP contribution >= 0.6 is 11.3 Å². The van der Waals surface area contributed by atoms with Gasteiger partial charge in [-0.25, -0.2) is 4.79 Å². The van der Waals surface area contributed by atoms with Crippen molar-refractivity contribution in [1.29, 1.82) is 0 Å². The van der Waals surface area contributed by atoms with Gasteiger partial charge in [-0.2, -0.15) is 0 Å². The lowest BCUT2D eigenvalue weighted by Crippen LogP contribution is -2.46. The van der Waals surface area contributed by atoms with Crippen LogP contribution in [0.2, 0.25) is 0 Å². The molecule has 1 unspecified atom stereocenters. The lowest BCUT2D eigenvalue weighted by molar-refractivity contribution is 0.0525. The van der Waals surface area contributed by atoms with Crippen LogP contribution in [0.25, 0.3) is 10.6 Å². The van der Waals surface area contributed by atoms with Gasteiger partial charge in [-0.15, -0.1) is 10.2 Å². The molecule has 1 aliphatic carbocycles. The molecule has 126 valence electrons. The molecule has 1 aliphatic heterocycles. The van der Waals surface area contributed by atoms with Crippen molar-refractivity contribution in [2.45, 2.75) is 25.8 Å². The number of amides is 2. The molecule has 2 amide bonds. The molecule has 1 atom stereocenters. The first-order valence-corrected chi connectivity index (χ1v) is 9.09. The smallest absolute Gasteiger partial charge is 0.318 e. The van der Waals surface area contributed by atoms with Gasteiger partial charge in [-0.3, -0.25) is 0 Å². The second-order valence-electron chi connectivity index (χ2n) is 6.14. The molecular weight excluding hydrogens is 324 g/mol. The molecule has 1 saturated heterocycles. The summed E-state index contributed by atoms with van der Waals surface area (Å²) in [4.78, 5) is 14.3. The topological polar surface area (TPSA) is 67.4 Å². The highest BCUT2D eigenvalue weighted by atomic mass is 32.1. The number of nitrogens with zero attached hydrogens (tertiary/aromatic N) is 3. The summed E-state index contributed by atoms with van der Waals surface area (Å²) in [6, 6.07) is 6.34. The van der Waals surface area contributed by atoms with Gasteiger partial charge in [-0.05, 0) is 30.9 Å². The second-order valence-corrected chi connectivity index (χ2v) is 7.32. The molecule has 0 bridgehead atoms. The van der Waals surface area contributed by atoms with Crippen LogP contribution in [0.3, 0.4) is 0 Å². The summed E-state index contributed by atoms with van der Waals surface area (Å²) >= 11 is 1.61. The molecule has 1 N–H and O–H groups in total. The summed E-state index contributed by atoms with van der Waals surface area (Å²) in [6.45, 7) is 4.53. The van der Waals surface area contributed by atoms with Gasteiger partial charge in [-0.1, -0.05) is 29.5 Å². The normalized spacial score (nSPS) is 20.0. The van der Waals surface area contributed by atoms with Gasteiger partial charge < -0.3 is 15.0 Å². The summed E-state index contributed by atoms with van der Waals surface area (Å²) in [5, 5.41) is 13.5. The molecule has 7 heteroatoms. The Balaban J connectivity index is 1.55. The van der Waals surface area contributed by atoms with Crippen molar-refractivity contribution in [2.75, 3.05) is 26.3 Å². The molecule has 0 saturated carbocycles. The van der Waals surface area contributed by atoms with Crippen LogP contribution in [0.4, 0.5) is 4.79 Å². The maximum absolute atomic E-state index is 12.5. The van der Waals surface area contributed by atoms with E-state index >= 15 is 0 Å². The van der Waals surface area contributed by atoms with E-state index in [9.17, 15) is 4.79 Å². The van der Waals surface area contributed by atoms with Crippen LogP contribution in [0.1, 0.15) is 28.6 Å². The van der Waals surface area contributed by atoms with Crippen molar-refractivity contribution in [3.63, 3.8) is 0 Å². The molecule has 2 aliphatic rings. The van der Waals surface area contributed by atoms with E-state index in [0.29, 0.717) is 26.3 Å². The van der Waals surface area contributed by atoms with Gasteiger partial charge in [0.25, 0.3) is 0 Å². The van der Waals surface area contributed by atoms with E-state index in [-0.39, 0.29) is 12.1 Å². The van der Waals surface area contributed by atoms with E-state index in [0.717, 1.165) is 28.4 Å². The quantitative estimate of drug-likeness (QED) is 0.909. The van der Waals surface area contributed by atoms with E-state index in [1.165, 1.54) is 11.1 Å². The third-order valence-corrected chi connectivity index (χ3v) is 5.50.